The Morgan fingerprint density at radius 3 is 2.88 bits per heavy atom. The van der Waals surface area contributed by atoms with Crippen molar-refractivity contribution in [1.29, 1.82) is 0 Å². The monoisotopic (exact) mass is 221 g/mol. The Kier molecular flexibility index (Phi) is 3.10. The fraction of sp³-hybridized carbons (Fsp3) is 0.667. The van der Waals surface area contributed by atoms with Gasteiger partial charge in [0.15, 0.2) is 5.82 Å². The van der Waals surface area contributed by atoms with Crippen LogP contribution in [0.1, 0.15) is 37.3 Å². The van der Waals surface area contributed by atoms with E-state index in [0.29, 0.717) is 5.82 Å². The Balaban J connectivity index is 2.24. The lowest BCUT2D eigenvalue weighted by Gasteiger charge is -2.32. The number of Topliss-reactive ketones (excluding diaryl/α,β-unsaturated/α-hetero) is 1. The lowest BCUT2D eigenvalue weighted by atomic mass is 9.77. The molecule has 1 aliphatic rings. The van der Waals surface area contributed by atoms with Gasteiger partial charge in [-0.3, -0.25) is 4.79 Å². The fourth-order valence-corrected chi connectivity index (χ4v) is 2.25. The molecule has 0 radical (unpaired) electrons. The van der Waals surface area contributed by atoms with Crippen molar-refractivity contribution in [3.05, 3.63) is 18.2 Å². The largest absolute Gasteiger partial charge is 0.329 e. The molecule has 1 aliphatic heterocycles. The van der Waals surface area contributed by atoms with Crippen LogP contribution in [0.5, 0.6) is 0 Å². The molecule has 4 nitrogen and oxygen atoms in total. The van der Waals surface area contributed by atoms with Crippen molar-refractivity contribution in [3.8, 4) is 0 Å². The third-order valence-electron chi connectivity index (χ3n) is 3.51. The van der Waals surface area contributed by atoms with Gasteiger partial charge in [0, 0.05) is 24.4 Å². The minimum atomic E-state index is -0.233. The van der Waals surface area contributed by atoms with Crippen LogP contribution in [-0.2, 0) is 6.54 Å². The van der Waals surface area contributed by atoms with Crippen molar-refractivity contribution in [2.45, 2.75) is 33.2 Å². The standard InChI is InChI=1S/C12H19N3O/c1-3-15-9-8-14-11(15)10(16)12(2)4-6-13-7-5-12/h8-9,13H,3-7H2,1-2H3. The fourth-order valence-electron chi connectivity index (χ4n) is 2.25. The van der Waals surface area contributed by atoms with E-state index < -0.39 is 0 Å². The predicted molar refractivity (Wildman–Crippen MR) is 62.4 cm³/mol. The number of hydrogen-bond donors (Lipinski definition) is 1. The van der Waals surface area contributed by atoms with Crippen LogP contribution in [0.25, 0.3) is 0 Å². The molecule has 0 spiro atoms. The summed E-state index contributed by atoms with van der Waals surface area (Å²) in [5, 5.41) is 3.29. The number of ketones is 1. The number of imidazole rings is 1. The third kappa shape index (κ3) is 1.89. The molecule has 0 unspecified atom stereocenters. The average molecular weight is 221 g/mol. The van der Waals surface area contributed by atoms with E-state index in [4.69, 9.17) is 0 Å². The topological polar surface area (TPSA) is 46.9 Å². The van der Waals surface area contributed by atoms with Crippen molar-refractivity contribution in [3.63, 3.8) is 0 Å². The molecule has 1 N–H and O–H groups in total. The van der Waals surface area contributed by atoms with Crippen molar-refractivity contribution in [2.24, 2.45) is 5.41 Å². The van der Waals surface area contributed by atoms with Gasteiger partial charge in [-0.05, 0) is 32.9 Å². The molecule has 1 saturated heterocycles. The quantitative estimate of drug-likeness (QED) is 0.786. The van der Waals surface area contributed by atoms with Crippen LogP contribution >= 0.6 is 0 Å². The zero-order chi connectivity index (χ0) is 11.6. The normalized spacial score (nSPS) is 19.6. The Morgan fingerprint density at radius 2 is 2.25 bits per heavy atom. The van der Waals surface area contributed by atoms with Crippen LogP contribution in [0.4, 0.5) is 0 Å². The summed E-state index contributed by atoms with van der Waals surface area (Å²) in [5.74, 6) is 0.813. The van der Waals surface area contributed by atoms with Gasteiger partial charge >= 0.3 is 0 Å². The summed E-state index contributed by atoms with van der Waals surface area (Å²) in [6.07, 6.45) is 5.39. The Morgan fingerprint density at radius 1 is 1.56 bits per heavy atom. The second-order valence-electron chi connectivity index (χ2n) is 4.68. The first-order valence-electron chi connectivity index (χ1n) is 5.94. The van der Waals surface area contributed by atoms with E-state index in [0.717, 1.165) is 32.5 Å². The second-order valence-corrected chi connectivity index (χ2v) is 4.68. The van der Waals surface area contributed by atoms with E-state index in [1.807, 2.05) is 17.7 Å². The van der Waals surface area contributed by atoms with Crippen LogP contribution in [0.3, 0.4) is 0 Å². The number of hydrogen-bond acceptors (Lipinski definition) is 3. The number of piperidine rings is 1. The first-order valence-corrected chi connectivity index (χ1v) is 5.94. The van der Waals surface area contributed by atoms with Gasteiger partial charge in [0.05, 0.1) is 0 Å². The van der Waals surface area contributed by atoms with Gasteiger partial charge in [0.1, 0.15) is 0 Å². The van der Waals surface area contributed by atoms with Crippen LogP contribution in [-0.4, -0.2) is 28.4 Å². The van der Waals surface area contributed by atoms with E-state index in [-0.39, 0.29) is 11.2 Å². The first kappa shape index (κ1) is 11.3. The van der Waals surface area contributed by atoms with Gasteiger partial charge in [-0.2, -0.15) is 0 Å². The maximum absolute atomic E-state index is 12.5. The third-order valence-corrected chi connectivity index (χ3v) is 3.51. The average Bonchev–Trinajstić information content (AvgIpc) is 2.77. The molecular weight excluding hydrogens is 202 g/mol. The van der Waals surface area contributed by atoms with E-state index in [1.54, 1.807) is 6.20 Å². The van der Waals surface area contributed by atoms with Crippen LogP contribution in [0.2, 0.25) is 0 Å². The summed E-state index contributed by atoms with van der Waals surface area (Å²) in [4.78, 5) is 16.7. The van der Waals surface area contributed by atoms with Crippen molar-refractivity contribution >= 4 is 5.78 Å². The number of carbonyl (C=O) groups excluding carboxylic acids is 1. The van der Waals surface area contributed by atoms with Crippen LogP contribution in [0, 0.1) is 5.41 Å². The Hall–Kier alpha value is -1.16. The lowest BCUT2D eigenvalue weighted by molar-refractivity contribution is 0.0746. The van der Waals surface area contributed by atoms with Gasteiger partial charge in [0.2, 0.25) is 5.78 Å². The van der Waals surface area contributed by atoms with Crippen LogP contribution in [0.15, 0.2) is 12.4 Å². The highest BCUT2D eigenvalue weighted by atomic mass is 16.1. The van der Waals surface area contributed by atoms with Gasteiger partial charge in [0.25, 0.3) is 0 Å². The summed E-state index contributed by atoms with van der Waals surface area (Å²) in [5.41, 5.74) is -0.233. The van der Waals surface area contributed by atoms with E-state index in [1.165, 1.54) is 0 Å². The molecule has 0 atom stereocenters. The maximum Gasteiger partial charge on any atom is 0.204 e. The highest BCUT2D eigenvalue weighted by Crippen LogP contribution is 2.31. The van der Waals surface area contributed by atoms with E-state index in [9.17, 15) is 4.79 Å². The van der Waals surface area contributed by atoms with Crippen molar-refractivity contribution in [1.82, 2.24) is 14.9 Å². The molecule has 0 saturated carbocycles. The number of aryl methyl sites for hydroxylation is 1. The molecule has 16 heavy (non-hydrogen) atoms. The lowest BCUT2D eigenvalue weighted by Crippen LogP contribution is -2.41. The number of nitrogens with one attached hydrogen (secondary N) is 1. The molecule has 88 valence electrons. The predicted octanol–water partition coefficient (Wildman–Crippen LogP) is 1.48. The summed E-state index contributed by atoms with van der Waals surface area (Å²) >= 11 is 0. The zero-order valence-electron chi connectivity index (χ0n) is 9.99. The molecule has 4 heteroatoms. The number of carbonyl (C=O) groups is 1. The maximum atomic E-state index is 12.5. The van der Waals surface area contributed by atoms with E-state index in [2.05, 4.69) is 17.2 Å². The van der Waals surface area contributed by atoms with Crippen LogP contribution < -0.4 is 5.32 Å². The van der Waals surface area contributed by atoms with Crippen molar-refractivity contribution < 1.29 is 4.79 Å². The van der Waals surface area contributed by atoms with Gasteiger partial charge in [-0.15, -0.1) is 0 Å². The summed E-state index contributed by atoms with van der Waals surface area (Å²) in [7, 11) is 0. The van der Waals surface area contributed by atoms with Gasteiger partial charge in [-0.25, -0.2) is 4.98 Å². The van der Waals surface area contributed by atoms with E-state index >= 15 is 0 Å². The highest BCUT2D eigenvalue weighted by Gasteiger charge is 2.37. The Labute approximate surface area is 96.1 Å². The Bertz CT molecular complexity index is 377. The minimum absolute atomic E-state index is 0.195. The minimum Gasteiger partial charge on any atom is -0.329 e. The molecule has 0 bridgehead atoms. The first-order chi connectivity index (χ1) is 7.67. The van der Waals surface area contributed by atoms with Gasteiger partial charge < -0.3 is 9.88 Å². The second kappa shape index (κ2) is 4.37. The molecule has 1 aromatic heterocycles. The molecule has 0 amide bonds. The molecular formula is C12H19N3O. The molecule has 0 aromatic carbocycles. The highest BCUT2D eigenvalue weighted by molar-refractivity contribution is 5.97. The zero-order valence-corrected chi connectivity index (χ0v) is 9.99. The SMILES string of the molecule is CCn1ccnc1C(=O)C1(C)CCNCC1. The van der Waals surface area contributed by atoms with Crippen molar-refractivity contribution in [2.75, 3.05) is 13.1 Å². The molecule has 0 aliphatic carbocycles. The molecule has 1 aromatic rings. The summed E-state index contributed by atoms with van der Waals surface area (Å²) < 4.78 is 1.93. The summed E-state index contributed by atoms with van der Waals surface area (Å²) in [6.45, 7) is 6.74. The molecule has 2 heterocycles. The number of rotatable bonds is 3. The molecule has 2 rings (SSSR count). The smallest absolute Gasteiger partial charge is 0.204 e. The van der Waals surface area contributed by atoms with Gasteiger partial charge in [-0.1, -0.05) is 6.92 Å². The number of aromatic nitrogens is 2. The summed E-state index contributed by atoms with van der Waals surface area (Å²) in [6, 6.07) is 0. The molecule has 1 fully saturated rings. The number of nitrogens with zero attached hydrogens (tertiary/aromatic N) is 2.